The molecule has 0 aromatic carbocycles. The van der Waals surface area contributed by atoms with Gasteiger partial charge in [-0.15, -0.1) is 0 Å². The molecule has 0 bridgehead atoms. The van der Waals surface area contributed by atoms with Crippen LogP contribution in [0.3, 0.4) is 0 Å². The van der Waals surface area contributed by atoms with Crippen LogP contribution in [-0.2, 0) is 15.7 Å². The average molecular weight is 389 g/mol. The van der Waals surface area contributed by atoms with E-state index in [4.69, 9.17) is 4.74 Å². The summed E-state index contributed by atoms with van der Waals surface area (Å²) in [7, 11) is 1.09. The molecule has 1 fully saturated rings. The second kappa shape index (κ2) is 7.61. The van der Waals surface area contributed by atoms with Crippen molar-refractivity contribution in [2.24, 2.45) is 0 Å². The standard InChI is InChI=1S/C17H22F3N3O4/c1-16(2,3)27-15(25)23-7-5-22(6-8-23)13-12(14(24)26-4)9-11(10-21-13)17(18,19)20/h9-10H,5-8H2,1-4H3. The fourth-order valence-electron chi connectivity index (χ4n) is 2.55. The summed E-state index contributed by atoms with van der Waals surface area (Å²) in [6, 6.07) is 0.731. The van der Waals surface area contributed by atoms with Gasteiger partial charge in [-0.3, -0.25) is 0 Å². The van der Waals surface area contributed by atoms with Crippen molar-refractivity contribution in [3.05, 3.63) is 23.4 Å². The molecule has 2 rings (SSSR count). The molecule has 0 saturated carbocycles. The van der Waals surface area contributed by atoms with Crippen molar-refractivity contribution in [2.75, 3.05) is 38.2 Å². The number of ether oxygens (including phenoxy) is 2. The molecule has 1 saturated heterocycles. The zero-order chi connectivity index (χ0) is 20.4. The Labute approximate surface area is 155 Å². The number of pyridine rings is 1. The van der Waals surface area contributed by atoms with E-state index in [9.17, 15) is 22.8 Å². The van der Waals surface area contributed by atoms with Gasteiger partial charge in [0, 0.05) is 32.4 Å². The molecule has 10 heteroatoms. The number of carbonyl (C=O) groups excluding carboxylic acids is 2. The molecule has 0 spiro atoms. The van der Waals surface area contributed by atoms with Crippen LogP contribution in [0.2, 0.25) is 0 Å². The number of piperazine rings is 1. The molecule has 7 nitrogen and oxygen atoms in total. The largest absolute Gasteiger partial charge is 0.465 e. The van der Waals surface area contributed by atoms with Crippen molar-refractivity contribution in [1.82, 2.24) is 9.88 Å². The number of anilines is 1. The molecule has 0 radical (unpaired) electrons. The van der Waals surface area contributed by atoms with E-state index in [1.165, 1.54) is 4.90 Å². The van der Waals surface area contributed by atoms with Crippen molar-refractivity contribution in [3.8, 4) is 0 Å². The molecular weight excluding hydrogens is 367 g/mol. The third-order valence-corrected chi connectivity index (χ3v) is 3.83. The number of nitrogens with zero attached hydrogens (tertiary/aromatic N) is 3. The third kappa shape index (κ3) is 5.24. The van der Waals surface area contributed by atoms with Gasteiger partial charge in [0.1, 0.15) is 17.0 Å². The summed E-state index contributed by atoms with van der Waals surface area (Å²) in [5.74, 6) is -0.808. The fraction of sp³-hybridized carbons (Fsp3) is 0.588. The van der Waals surface area contributed by atoms with Crippen molar-refractivity contribution < 1.29 is 32.2 Å². The number of hydrogen-bond acceptors (Lipinski definition) is 6. The minimum absolute atomic E-state index is 0.0960. The number of rotatable bonds is 2. The number of esters is 1. The molecule has 0 unspecified atom stereocenters. The van der Waals surface area contributed by atoms with Crippen LogP contribution in [0, 0.1) is 0 Å². The smallest absolute Gasteiger partial charge is 0.417 e. The first-order chi connectivity index (χ1) is 12.4. The predicted molar refractivity (Wildman–Crippen MR) is 90.6 cm³/mol. The highest BCUT2D eigenvalue weighted by atomic mass is 19.4. The summed E-state index contributed by atoms with van der Waals surface area (Å²) in [6.07, 6.45) is -4.40. The van der Waals surface area contributed by atoms with Crippen LogP contribution in [-0.4, -0.2) is 60.8 Å². The van der Waals surface area contributed by atoms with Crippen LogP contribution in [0.5, 0.6) is 0 Å². The first-order valence-electron chi connectivity index (χ1n) is 8.31. The molecule has 150 valence electrons. The first kappa shape index (κ1) is 20.8. The van der Waals surface area contributed by atoms with Gasteiger partial charge in [-0.25, -0.2) is 14.6 Å². The molecule has 2 heterocycles. The quantitative estimate of drug-likeness (QED) is 0.725. The number of methoxy groups -OCH3 is 1. The molecule has 1 aliphatic rings. The normalized spacial score (nSPS) is 15.5. The second-order valence-corrected chi connectivity index (χ2v) is 7.04. The number of amides is 1. The maximum absolute atomic E-state index is 12.9. The van der Waals surface area contributed by atoms with Crippen LogP contribution in [0.25, 0.3) is 0 Å². The lowest BCUT2D eigenvalue weighted by atomic mass is 10.1. The van der Waals surface area contributed by atoms with Crippen LogP contribution < -0.4 is 4.90 Å². The van der Waals surface area contributed by atoms with Gasteiger partial charge in [0.15, 0.2) is 0 Å². The fourth-order valence-corrected chi connectivity index (χ4v) is 2.55. The van der Waals surface area contributed by atoms with Gasteiger partial charge in [0.25, 0.3) is 0 Å². The minimum atomic E-state index is -4.62. The highest BCUT2D eigenvalue weighted by Crippen LogP contribution is 2.32. The SMILES string of the molecule is COC(=O)c1cc(C(F)(F)F)cnc1N1CCN(C(=O)OC(C)(C)C)CC1. The topological polar surface area (TPSA) is 72.0 Å². The van der Waals surface area contributed by atoms with Gasteiger partial charge in [0.2, 0.25) is 0 Å². The van der Waals surface area contributed by atoms with Crippen molar-refractivity contribution >= 4 is 17.9 Å². The lowest BCUT2D eigenvalue weighted by molar-refractivity contribution is -0.137. The zero-order valence-electron chi connectivity index (χ0n) is 15.6. The van der Waals surface area contributed by atoms with E-state index in [2.05, 4.69) is 9.72 Å². The van der Waals surface area contributed by atoms with Gasteiger partial charge < -0.3 is 19.3 Å². The van der Waals surface area contributed by atoms with E-state index in [-0.39, 0.29) is 24.5 Å². The monoisotopic (exact) mass is 389 g/mol. The highest BCUT2D eigenvalue weighted by molar-refractivity contribution is 5.95. The Morgan fingerprint density at radius 3 is 2.19 bits per heavy atom. The van der Waals surface area contributed by atoms with Gasteiger partial charge in [-0.2, -0.15) is 13.2 Å². The Bertz CT molecular complexity index is 708. The Hall–Kier alpha value is -2.52. The Morgan fingerprint density at radius 2 is 1.70 bits per heavy atom. The second-order valence-electron chi connectivity index (χ2n) is 7.04. The summed E-state index contributed by atoms with van der Waals surface area (Å²) in [5, 5.41) is 0. The molecule has 1 aromatic heterocycles. The summed E-state index contributed by atoms with van der Waals surface area (Å²) >= 11 is 0. The van der Waals surface area contributed by atoms with Gasteiger partial charge in [-0.1, -0.05) is 0 Å². The van der Waals surface area contributed by atoms with E-state index >= 15 is 0 Å². The van der Waals surface area contributed by atoms with E-state index in [0.29, 0.717) is 19.3 Å². The van der Waals surface area contributed by atoms with Crippen LogP contribution in [0.4, 0.5) is 23.8 Å². The Morgan fingerprint density at radius 1 is 1.11 bits per heavy atom. The maximum Gasteiger partial charge on any atom is 0.417 e. The molecule has 27 heavy (non-hydrogen) atoms. The minimum Gasteiger partial charge on any atom is -0.465 e. The number of aromatic nitrogens is 1. The molecule has 0 atom stereocenters. The third-order valence-electron chi connectivity index (χ3n) is 3.83. The van der Waals surface area contributed by atoms with Crippen LogP contribution in [0.15, 0.2) is 12.3 Å². The summed E-state index contributed by atoms with van der Waals surface area (Å²) in [6.45, 7) is 6.45. The van der Waals surface area contributed by atoms with E-state index in [1.54, 1.807) is 25.7 Å². The van der Waals surface area contributed by atoms with Crippen LogP contribution >= 0.6 is 0 Å². The van der Waals surface area contributed by atoms with Gasteiger partial charge in [0.05, 0.1) is 12.7 Å². The van der Waals surface area contributed by atoms with Crippen molar-refractivity contribution in [3.63, 3.8) is 0 Å². The average Bonchev–Trinajstić information content (AvgIpc) is 2.58. The lowest BCUT2D eigenvalue weighted by Gasteiger charge is -2.36. The number of hydrogen-bond donors (Lipinski definition) is 0. The maximum atomic E-state index is 12.9. The number of carbonyl (C=O) groups is 2. The number of alkyl halides is 3. The van der Waals surface area contributed by atoms with Crippen molar-refractivity contribution in [2.45, 2.75) is 32.5 Å². The molecule has 0 aliphatic carbocycles. The van der Waals surface area contributed by atoms with Crippen LogP contribution in [0.1, 0.15) is 36.7 Å². The summed E-state index contributed by atoms with van der Waals surface area (Å²) in [4.78, 5) is 31.0. The summed E-state index contributed by atoms with van der Waals surface area (Å²) < 4.78 is 48.7. The van der Waals surface area contributed by atoms with E-state index in [1.807, 2.05) is 0 Å². The van der Waals surface area contributed by atoms with E-state index in [0.717, 1.165) is 13.2 Å². The zero-order valence-corrected chi connectivity index (χ0v) is 15.6. The highest BCUT2D eigenvalue weighted by Gasteiger charge is 2.34. The Kier molecular flexibility index (Phi) is 5.86. The predicted octanol–water partition coefficient (Wildman–Crippen LogP) is 2.94. The molecule has 1 amide bonds. The first-order valence-corrected chi connectivity index (χ1v) is 8.31. The molecule has 1 aromatic rings. The number of halogens is 3. The van der Waals surface area contributed by atoms with Crippen molar-refractivity contribution in [1.29, 1.82) is 0 Å². The molecule has 0 N–H and O–H groups in total. The molecule has 1 aliphatic heterocycles. The summed E-state index contributed by atoms with van der Waals surface area (Å²) in [5.41, 5.74) is -1.92. The van der Waals surface area contributed by atoms with Gasteiger partial charge in [-0.05, 0) is 26.8 Å². The molecular formula is C17H22F3N3O4. The van der Waals surface area contributed by atoms with E-state index < -0.39 is 29.4 Å². The Balaban J connectivity index is 2.17. The lowest BCUT2D eigenvalue weighted by Crippen LogP contribution is -2.50. The van der Waals surface area contributed by atoms with Gasteiger partial charge >= 0.3 is 18.2 Å².